The molecule has 0 heterocycles. The minimum absolute atomic E-state index is 0.000735. The van der Waals surface area contributed by atoms with Crippen molar-refractivity contribution < 1.29 is 23.9 Å². The van der Waals surface area contributed by atoms with E-state index < -0.39 is 23.4 Å². The van der Waals surface area contributed by atoms with Gasteiger partial charge in [-0.2, -0.15) is 0 Å². The molecule has 0 saturated heterocycles. The molecule has 0 atom stereocenters. The molecular weight excluding hydrogens is 334 g/mol. The molecule has 0 bridgehead atoms. The van der Waals surface area contributed by atoms with Crippen molar-refractivity contribution in [2.75, 3.05) is 6.54 Å². The van der Waals surface area contributed by atoms with Crippen LogP contribution in [0.25, 0.3) is 6.08 Å². The lowest BCUT2D eigenvalue weighted by Crippen LogP contribution is -2.43. The first-order valence-corrected chi connectivity index (χ1v) is 8.36. The second kappa shape index (κ2) is 8.65. The molecule has 0 saturated carbocycles. The molecule has 1 aromatic rings. The second-order valence-corrected chi connectivity index (χ2v) is 7.76. The molecule has 1 aromatic carbocycles. The highest BCUT2D eigenvalue weighted by atomic mass is 16.6. The Morgan fingerprint density at radius 3 is 1.69 bits per heavy atom. The van der Waals surface area contributed by atoms with E-state index >= 15 is 0 Å². The van der Waals surface area contributed by atoms with Gasteiger partial charge in [0.2, 0.25) is 0 Å². The van der Waals surface area contributed by atoms with Crippen molar-refractivity contribution >= 4 is 24.5 Å². The number of imide groups is 1. The first kappa shape index (κ1) is 21.4. The highest BCUT2D eigenvalue weighted by Crippen LogP contribution is 2.15. The molecule has 0 aliphatic carbocycles. The van der Waals surface area contributed by atoms with Crippen LogP contribution in [0.5, 0.6) is 0 Å². The smallest absolute Gasteiger partial charge is 0.420 e. The molecule has 0 spiro atoms. The summed E-state index contributed by atoms with van der Waals surface area (Å²) in [5.74, 6) is 0. The first-order valence-electron chi connectivity index (χ1n) is 8.36. The van der Waals surface area contributed by atoms with Gasteiger partial charge in [-0.1, -0.05) is 36.4 Å². The molecule has 2 amide bonds. The number of benzene rings is 1. The van der Waals surface area contributed by atoms with Gasteiger partial charge in [-0.25, -0.2) is 14.5 Å². The average molecular weight is 361 g/mol. The van der Waals surface area contributed by atoms with Crippen molar-refractivity contribution in [3.05, 3.63) is 41.5 Å². The molecule has 142 valence electrons. The SMILES string of the molecule is CC(C)(C)OC(=O)N(C/C=C/c1ccc(C=O)cc1)C(=O)OC(C)(C)C. The van der Waals surface area contributed by atoms with Crippen LogP contribution in [-0.2, 0) is 9.47 Å². The van der Waals surface area contributed by atoms with Crippen LogP contribution in [0.3, 0.4) is 0 Å². The van der Waals surface area contributed by atoms with E-state index in [4.69, 9.17) is 9.47 Å². The lowest BCUT2D eigenvalue weighted by atomic mass is 10.1. The third-order valence-electron chi connectivity index (χ3n) is 2.90. The zero-order valence-electron chi connectivity index (χ0n) is 16.2. The molecule has 1 rings (SSSR count). The normalized spacial score (nSPS) is 11.9. The molecule has 0 aromatic heterocycles. The van der Waals surface area contributed by atoms with E-state index in [9.17, 15) is 14.4 Å². The van der Waals surface area contributed by atoms with Crippen molar-refractivity contribution in [1.82, 2.24) is 4.90 Å². The van der Waals surface area contributed by atoms with Crippen LogP contribution in [-0.4, -0.2) is 41.1 Å². The molecule has 0 radical (unpaired) electrons. The van der Waals surface area contributed by atoms with Gasteiger partial charge in [0.05, 0.1) is 6.54 Å². The Morgan fingerprint density at radius 1 is 0.885 bits per heavy atom. The fourth-order valence-electron chi connectivity index (χ4n) is 1.84. The fraction of sp³-hybridized carbons (Fsp3) is 0.450. The minimum Gasteiger partial charge on any atom is -0.443 e. The molecule has 26 heavy (non-hydrogen) atoms. The molecule has 0 unspecified atom stereocenters. The van der Waals surface area contributed by atoms with Crippen LogP contribution >= 0.6 is 0 Å². The Bertz CT molecular complexity index is 635. The van der Waals surface area contributed by atoms with Crippen LogP contribution in [0.2, 0.25) is 0 Å². The standard InChI is InChI=1S/C20H27NO5/c1-19(2,3)25-17(23)21(18(24)26-20(4,5)6)13-7-8-15-9-11-16(14-22)12-10-15/h7-12,14H,13H2,1-6H3/b8-7+. The van der Waals surface area contributed by atoms with Crippen LogP contribution in [0.4, 0.5) is 9.59 Å². The second-order valence-electron chi connectivity index (χ2n) is 7.76. The summed E-state index contributed by atoms with van der Waals surface area (Å²) in [7, 11) is 0. The molecule has 0 fully saturated rings. The lowest BCUT2D eigenvalue weighted by Gasteiger charge is -2.28. The summed E-state index contributed by atoms with van der Waals surface area (Å²) in [6.45, 7) is 10.3. The molecule has 0 N–H and O–H groups in total. The van der Waals surface area contributed by atoms with Crippen molar-refractivity contribution in [2.45, 2.75) is 52.7 Å². The number of hydrogen-bond donors (Lipinski definition) is 0. The molecule has 6 nitrogen and oxygen atoms in total. The van der Waals surface area contributed by atoms with Gasteiger partial charge < -0.3 is 9.47 Å². The largest absolute Gasteiger partial charge is 0.443 e. The third-order valence-corrected chi connectivity index (χ3v) is 2.90. The van der Waals surface area contributed by atoms with Gasteiger partial charge in [0.1, 0.15) is 17.5 Å². The summed E-state index contributed by atoms with van der Waals surface area (Å²) >= 11 is 0. The molecule has 6 heteroatoms. The summed E-state index contributed by atoms with van der Waals surface area (Å²) in [5.41, 5.74) is -0.0486. The van der Waals surface area contributed by atoms with Crippen molar-refractivity contribution in [1.29, 1.82) is 0 Å². The van der Waals surface area contributed by atoms with Gasteiger partial charge >= 0.3 is 12.2 Å². The quantitative estimate of drug-likeness (QED) is 0.728. The Balaban J connectivity index is 2.89. The number of carbonyl (C=O) groups excluding carboxylic acids is 3. The highest BCUT2D eigenvalue weighted by molar-refractivity contribution is 5.88. The van der Waals surface area contributed by atoms with Crippen LogP contribution in [0.15, 0.2) is 30.3 Å². The first-order chi connectivity index (χ1) is 11.9. The molecular formula is C20H27NO5. The van der Waals surface area contributed by atoms with Crippen molar-refractivity contribution in [3.8, 4) is 0 Å². The lowest BCUT2D eigenvalue weighted by molar-refractivity contribution is 0.00376. The van der Waals surface area contributed by atoms with Crippen molar-refractivity contribution in [3.63, 3.8) is 0 Å². The zero-order chi connectivity index (χ0) is 20.0. The number of rotatable bonds is 4. The van der Waals surface area contributed by atoms with Gasteiger partial charge in [-0.3, -0.25) is 4.79 Å². The number of nitrogens with zero attached hydrogens (tertiary/aromatic N) is 1. The number of hydrogen-bond acceptors (Lipinski definition) is 5. The summed E-state index contributed by atoms with van der Waals surface area (Å²) in [4.78, 5) is 36.3. The fourth-order valence-corrected chi connectivity index (χ4v) is 1.84. The number of amides is 2. The number of aldehydes is 1. The molecule has 0 aliphatic rings. The summed E-state index contributed by atoms with van der Waals surface area (Å²) in [6, 6.07) is 6.91. The van der Waals surface area contributed by atoms with Crippen LogP contribution in [0, 0.1) is 0 Å². The van der Waals surface area contributed by atoms with Gasteiger partial charge in [-0.15, -0.1) is 0 Å². The number of carbonyl (C=O) groups is 3. The van der Waals surface area contributed by atoms with Gasteiger partial charge in [0.25, 0.3) is 0 Å². The maximum Gasteiger partial charge on any atom is 0.420 e. The Morgan fingerprint density at radius 2 is 1.31 bits per heavy atom. The Labute approximate surface area is 154 Å². The van der Waals surface area contributed by atoms with E-state index in [0.29, 0.717) is 5.56 Å². The summed E-state index contributed by atoms with van der Waals surface area (Å²) in [5, 5.41) is 0. The minimum atomic E-state index is -0.771. The van der Waals surface area contributed by atoms with Crippen LogP contribution in [0.1, 0.15) is 57.5 Å². The molecule has 0 aliphatic heterocycles. The Kier molecular flexibility index (Phi) is 7.12. The van der Waals surface area contributed by atoms with Gasteiger partial charge in [0.15, 0.2) is 0 Å². The number of ether oxygens (including phenoxy) is 2. The van der Waals surface area contributed by atoms with Gasteiger partial charge in [-0.05, 0) is 47.1 Å². The van der Waals surface area contributed by atoms with E-state index in [1.807, 2.05) is 0 Å². The third kappa shape index (κ3) is 7.96. The van der Waals surface area contributed by atoms with Crippen LogP contribution < -0.4 is 0 Å². The van der Waals surface area contributed by atoms with Crippen molar-refractivity contribution in [2.24, 2.45) is 0 Å². The Hall–Kier alpha value is -2.63. The van der Waals surface area contributed by atoms with Gasteiger partial charge in [0, 0.05) is 5.56 Å². The maximum absolute atomic E-state index is 12.3. The predicted octanol–water partition coefficient (Wildman–Crippen LogP) is 4.68. The van der Waals surface area contributed by atoms with E-state index in [-0.39, 0.29) is 6.54 Å². The topological polar surface area (TPSA) is 72.9 Å². The van der Waals surface area contributed by atoms with E-state index in [0.717, 1.165) is 16.7 Å². The van der Waals surface area contributed by atoms with E-state index in [1.165, 1.54) is 0 Å². The highest BCUT2D eigenvalue weighted by Gasteiger charge is 2.30. The zero-order valence-corrected chi connectivity index (χ0v) is 16.2. The monoisotopic (exact) mass is 361 g/mol. The predicted molar refractivity (Wildman–Crippen MR) is 100 cm³/mol. The van der Waals surface area contributed by atoms with E-state index in [2.05, 4.69) is 0 Å². The average Bonchev–Trinajstić information content (AvgIpc) is 2.48. The summed E-state index contributed by atoms with van der Waals surface area (Å²) in [6.07, 6.45) is 2.63. The summed E-state index contributed by atoms with van der Waals surface area (Å²) < 4.78 is 10.6. The van der Waals surface area contributed by atoms with E-state index in [1.54, 1.807) is 78.0 Å². The maximum atomic E-state index is 12.3.